The van der Waals surface area contributed by atoms with Crippen LogP contribution in [0.5, 0.6) is 0 Å². The van der Waals surface area contributed by atoms with Gasteiger partial charge >= 0.3 is 0 Å². The summed E-state index contributed by atoms with van der Waals surface area (Å²) in [5.74, 6) is 0. The summed E-state index contributed by atoms with van der Waals surface area (Å²) < 4.78 is 0. The molecule has 0 spiro atoms. The fraction of sp³-hybridized carbons (Fsp3) is 0.250. The van der Waals surface area contributed by atoms with Crippen LogP contribution in [0.1, 0.15) is 11.1 Å². The van der Waals surface area contributed by atoms with E-state index in [-0.39, 0.29) is 41.7 Å². The maximum atomic E-state index is 2.12. The second-order valence-corrected chi connectivity index (χ2v) is 2.08. The van der Waals surface area contributed by atoms with Crippen LogP contribution in [0.2, 0.25) is 0 Å². The number of benzene rings is 1. The summed E-state index contributed by atoms with van der Waals surface area (Å²) in [4.78, 5) is 0. The molecule has 0 unspecified atom stereocenters. The molecule has 1 aromatic rings. The van der Waals surface area contributed by atoms with Gasteiger partial charge in [-0.25, -0.2) is 0 Å². The first kappa shape index (κ1) is 9.60. The van der Waals surface area contributed by atoms with Gasteiger partial charge in [0, 0.05) is 41.7 Å². The molecular weight excluding hydrogens is 236 g/mol. The van der Waals surface area contributed by atoms with E-state index in [1.165, 1.54) is 11.1 Å². The zero-order valence-electron chi connectivity index (χ0n) is 5.81. The molecule has 0 N–H and O–H groups in total. The fourth-order valence-corrected chi connectivity index (χ4v) is 0.663. The molecule has 0 bridgehead atoms. The van der Waals surface area contributed by atoms with Gasteiger partial charge in [-0.2, -0.15) is 0 Å². The van der Waals surface area contributed by atoms with Crippen molar-refractivity contribution in [2.75, 3.05) is 0 Å². The summed E-state index contributed by atoms with van der Waals surface area (Å²) in [6.07, 6.45) is 0. The fourth-order valence-electron chi connectivity index (χ4n) is 0.663. The van der Waals surface area contributed by atoms with Gasteiger partial charge in [0.2, 0.25) is 0 Å². The second-order valence-electron chi connectivity index (χ2n) is 2.08. The van der Waals surface area contributed by atoms with Gasteiger partial charge in [-0.05, 0) is 25.0 Å². The van der Waals surface area contributed by atoms with Crippen LogP contribution in [0.25, 0.3) is 0 Å². The van der Waals surface area contributed by atoms with Gasteiger partial charge in [0.25, 0.3) is 0 Å². The van der Waals surface area contributed by atoms with Gasteiger partial charge in [-0.15, -0.1) is 0 Å². The molecule has 0 aliphatic carbocycles. The molecule has 0 amide bonds. The second kappa shape index (κ2) is 4.42. The third-order valence-electron chi connectivity index (χ3n) is 1.43. The monoisotopic (exact) mass is 246 g/mol. The maximum Gasteiger partial charge on any atom is 0 e. The minimum absolute atomic E-state index is 0. The van der Waals surface area contributed by atoms with Crippen LogP contribution < -0.4 is 0 Å². The Kier molecular flexibility index (Phi) is 4.71. The predicted octanol–water partition coefficient (Wildman–Crippen LogP) is 2.30. The van der Waals surface area contributed by atoms with E-state index < -0.39 is 0 Å². The standard InChI is InChI=1S/C8H10.Ce/c1-7-5-3-4-6-8(7)2;/h3-6H,1-2H3;. The quantitative estimate of drug-likeness (QED) is 0.659. The van der Waals surface area contributed by atoms with Gasteiger partial charge in [0.05, 0.1) is 0 Å². The normalized spacial score (nSPS) is 8.22. The Morgan fingerprint density at radius 3 is 1.44 bits per heavy atom. The molecule has 0 radical (unpaired) electrons. The van der Waals surface area contributed by atoms with Crippen molar-refractivity contribution in [1.29, 1.82) is 0 Å². The van der Waals surface area contributed by atoms with Gasteiger partial charge in [-0.3, -0.25) is 0 Å². The van der Waals surface area contributed by atoms with Gasteiger partial charge in [-0.1, -0.05) is 24.3 Å². The van der Waals surface area contributed by atoms with Crippen molar-refractivity contribution in [2.24, 2.45) is 0 Å². The summed E-state index contributed by atoms with van der Waals surface area (Å²) in [6.45, 7) is 4.24. The molecule has 9 heavy (non-hydrogen) atoms. The molecule has 0 saturated heterocycles. The number of hydrogen-bond acceptors (Lipinski definition) is 0. The number of rotatable bonds is 0. The summed E-state index contributed by atoms with van der Waals surface area (Å²) in [5, 5.41) is 0. The smallest absolute Gasteiger partial charge is 0 e. The largest absolute Gasteiger partial charge is 0.0620 e. The molecule has 0 atom stereocenters. The molecule has 0 fully saturated rings. The molecule has 1 heteroatoms. The third-order valence-corrected chi connectivity index (χ3v) is 1.43. The van der Waals surface area contributed by atoms with Crippen molar-refractivity contribution >= 4 is 0 Å². The maximum absolute atomic E-state index is 2.12. The van der Waals surface area contributed by atoms with Crippen LogP contribution >= 0.6 is 0 Å². The van der Waals surface area contributed by atoms with Crippen molar-refractivity contribution in [3.05, 3.63) is 35.4 Å². The van der Waals surface area contributed by atoms with E-state index in [2.05, 4.69) is 38.1 Å². The van der Waals surface area contributed by atoms with Crippen molar-refractivity contribution in [3.63, 3.8) is 0 Å². The van der Waals surface area contributed by atoms with Crippen LogP contribution in [0.4, 0.5) is 0 Å². The SMILES string of the molecule is Cc1ccccc1C.[Ce]. The Morgan fingerprint density at radius 1 is 0.889 bits per heavy atom. The summed E-state index contributed by atoms with van der Waals surface area (Å²) in [6, 6.07) is 8.36. The van der Waals surface area contributed by atoms with E-state index in [1.807, 2.05) is 0 Å². The molecule has 0 nitrogen and oxygen atoms in total. The first-order chi connectivity index (χ1) is 3.80. The first-order valence-corrected chi connectivity index (χ1v) is 2.83. The molecule has 0 aliphatic heterocycles. The van der Waals surface area contributed by atoms with E-state index in [0.717, 1.165) is 0 Å². The summed E-state index contributed by atoms with van der Waals surface area (Å²) >= 11 is 0. The van der Waals surface area contributed by atoms with E-state index in [4.69, 9.17) is 0 Å². The van der Waals surface area contributed by atoms with Crippen molar-refractivity contribution < 1.29 is 41.7 Å². The van der Waals surface area contributed by atoms with Crippen LogP contribution in [0.15, 0.2) is 24.3 Å². The Labute approximate surface area is 90.0 Å². The number of aryl methyl sites for hydroxylation is 2. The van der Waals surface area contributed by atoms with E-state index >= 15 is 0 Å². The van der Waals surface area contributed by atoms with Crippen LogP contribution in [0, 0.1) is 55.6 Å². The van der Waals surface area contributed by atoms with Crippen molar-refractivity contribution in [1.82, 2.24) is 0 Å². The van der Waals surface area contributed by atoms with Crippen LogP contribution in [0.3, 0.4) is 0 Å². The van der Waals surface area contributed by atoms with Crippen molar-refractivity contribution in [3.8, 4) is 0 Å². The number of hydrogen-bond donors (Lipinski definition) is 0. The minimum Gasteiger partial charge on any atom is -0.0620 e. The zero-order valence-corrected chi connectivity index (χ0v) is 8.95. The Bertz CT molecular complexity index is 161. The van der Waals surface area contributed by atoms with E-state index in [0.29, 0.717) is 0 Å². The molecule has 0 aliphatic rings. The van der Waals surface area contributed by atoms with E-state index in [1.54, 1.807) is 0 Å². The molecule has 1 rings (SSSR count). The van der Waals surface area contributed by atoms with Gasteiger partial charge < -0.3 is 0 Å². The molecule has 0 heterocycles. The van der Waals surface area contributed by atoms with Crippen LogP contribution in [-0.4, -0.2) is 0 Å². The van der Waals surface area contributed by atoms with Crippen LogP contribution in [-0.2, 0) is 0 Å². The molecule has 46 valence electrons. The van der Waals surface area contributed by atoms with Crippen molar-refractivity contribution in [2.45, 2.75) is 13.8 Å². The van der Waals surface area contributed by atoms with E-state index in [9.17, 15) is 0 Å². The first-order valence-electron chi connectivity index (χ1n) is 2.83. The third kappa shape index (κ3) is 2.78. The molecule has 0 aromatic heterocycles. The Hall–Kier alpha value is 0.597. The molecule has 1 aromatic carbocycles. The van der Waals surface area contributed by atoms with Gasteiger partial charge in [0.15, 0.2) is 0 Å². The molecule has 0 saturated carbocycles. The minimum atomic E-state index is 0. The summed E-state index contributed by atoms with van der Waals surface area (Å²) in [7, 11) is 0. The average Bonchev–Trinajstić information content (AvgIpc) is 1.77. The zero-order chi connectivity index (χ0) is 5.98. The summed E-state index contributed by atoms with van der Waals surface area (Å²) in [5.41, 5.74) is 2.74. The topological polar surface area (TPSA) is 0 Å². The molecular formula is C8H10Ce. The van der Waals surface area contributed by atoms with Gasteiger partial charge in [0.1, 0.15) is 0 Å². The predicted molar refractivity (Wildman–Crippen MR) is 35.9 cm³/mol. The Morgan fingerprint density at radius 2 is 1.22 bits per heavy atom. The Balaban J connectivity index is 0.000000640. The average molecular weight is 246 g/mol.